The molecule has 2 aromatic carbocycles. The molecule has 0 unspecified atom stereocenters. The average Bonchev–Trinajstić information content (AvgIpc) is 3.21. The number of fused-ring (bicyclic) bond motifs is 1. The fraction of sp³-hybridized carbons (Fsp3) is 0.100. The lowest BCUT2D eigenvalue weighted by Gasteiger charge is -2.13. The van der Waals surface area contributed by atoms with Crippen LogP contribution in [0.25, 0.3) is 11.0 Å². The number of nitrogens with one attached hydrogen (secondary N) is 2. The number of aryl methyl sites for hydroxylation is 1. The van der Waals surface area contributed by atoms with Crippen molar-refractivity contribution in [1.29, 1.82) is 0 Å². The van der Waals surface area contributed by atoms with Crippen molar-refractivity contribution in [2.24, 2.45) is 7.05 Å². The van der Waals surface area contributed by atoms with Crippen LogP contribution in [0, 0.1) is 0 Å². The maximum absolute atomic E-state index is 12.8. The first-order valence-corrected chi connectivity index (χ1v) is 10.6. The Morgan fingerprint density at radius 3 is 2.23 bits per heavy atom. The third-order valence-electron chi connectivity index (χ3n) is 4.36. The van der Waals surface area contributed by atoms with E-state index in [1.165, 1.54) is 24.2 Å². The van der Waals surface area contributed by atoms with Crippen molar-refractivity contribution in [3.05, 3.63) is 66.5 Å². The van der Waals surface area contributed by atoms with Gasteiger partial charge in [0, 0.05) is 18.9 Å². The zero-order valence-corrected chi connectivity index (χ0v) is 17.4. The number of carbonyl (C=O) groups excluding carboxylic acids is 1. The summed E-state index contributed by atoms with van der Waals surface area (Å²) >= 11 is 0. The maximum Gasteiger partial charge on any atom is 0.337 e. The topological polar surface area (TPSA) is 128 Å². The number of carbonyl (C=O) groups is 1. The third kappa shape index (κ3) is 4.31. The molecule has 0 aliphatic rings. The van der Waals surface area contributed by atoms with E-state index in [0.717, 1.165) is 0 Å². The van der Waals surface area contributed by atoms with Gasteiger partial charge in [0.05, 0.1) is 29.9 Å². The van der Waals surface area contributed by atoms with Gasteiger partial charge in [0.1, 0.15) is 4.90 Å². The zero-order chi connectivity index (χ0) is 22.0. The van der Waals surface area contributed by atoms with Crippen LogP contribution in [0.1, 0.15) is 10.4 Å². The lowest BCUT2D eigenvalue weighted by Crippen LogP contribution is -2.15. The number of hydrogen-bond donors (Lipinski definition) is 2. The van der Waals surface area contributed by atoms with Gasteiger partial charge >= 0.3 is 5.97 Å². The largest absolute Gasteiger partial charge is 0.465 e. The normalized spacial score (nSPS) is 11.3. The minimum Gasteiger partial charge on any atom is -0.465 e. The van der Waals surface area contributed by atoms with Crippen molar-refractivity contribution in [2.45, 2.75) is 4.90 Å². The Balaban J connectivity index is 1.72. The van der Waals surface area contributed by atoms with Gasteiger partial charge in [-0.2, -0.15) is 5.10 Å². The van der Waals surface area contributed by atoms with E-state index >= 15 is 0 Å². The van der Waals surface area contributed by atoms with E-state index in [4.69, 9.17) is 4.74 Å². The van der Waals surface area contributed by atoms with Gasteiger partial charge in [0.15, 0.2) is 11.6 Å². The number of rotatable bonds is 6. The monoisotopic (exact) mass is 438 g/mol. The standard InChI is InChI=1S/C20H18N6O4S/c1-26-12-15(11-21-26)31(28,29)25-19-18(23-16-5-3-4-6-17(16)24-19)22-14-9-7-13(8-10-14)20(27)30-2/h3-12H,1-2H3,(H,22,23)(H,24,25). The highest BCUT2D eigenvalue weighted by molar-refractivity contribution is 7.92. The van der Waals surface area contributed by atoms with Crippen molar-refractivity contribution >= 4 is 44.3 Å². The Labute approximate surface area is 178 Å². The fourth-order valence-corrected chi connectivity index (χ4v) is 3.82. The summed E-state index contributed by atoms with van der Waals surface area (Å²) in [7, 11) is -1.00. The van der Waals surface area contributed by atoms with Gasteiger partial charge in [0.2, 0.25) is 0 Å². The summed E-state index contributed by atoms with van der Waals surface area (Å²) in [5, 5.41) is 6.96. The average molecular weight is 438 g/mol. The fourth-order valence-electron chi connectivity index (χ4n) is 2.83. The van der Waals surface area contributed by atoms with Crippen LogP contribution in [0.5, 0.6) is 0 Å². The van der Waals surface area contributed by atoms with Crippen LogP contribution in [0.15, 0.2) is 65.8 Å². The summed E-state index contributed by atoms with van der Waals surface area (Å²) < 4.78 is 34.2. The second-order valence-corrected chi connectivity index (χ2v) is 8.24. The molecule has 11 heteroatoms. The first kappa shape index (κ1) is 20.3. The van der Waals surface area contributed by atoms with E-state index in [1.807, 2.05) is 6.07 Å². The molecule has 2 N–H and O–H groups in total. The van der Waals surface area contributed by atoms with E-state index in [-0.39, 0.29) is 16.5 Å². The van der Waals surface area contributed by atoms with Gasteiger partial charge in [-0.05, 0) is 36.4 Å². The molecular formula is C20H18N6O4S. The Bertz CT molecular complexity index is 1370. The Morgan fingerprint density at radius 2 is 1.65 bits per heavy atom. The predicted octanol–water partition coefficient (Wildman–Crippen LogP) is 2.69. The predicted molar refractivity (Wildman–Crippen MR) is 115 cm³/mol. The molecule has 0 spiro atoms. The second-order valence-electron chi connectivity index (χ2n) is 6.56. The number of benzene rings is 2. The number of anilines is 3. The van der Waals surface area contributed by atoms with Gasteiger partial charge < -0.3 is 10.1 Å². The maximum atomic E-state index is 12.8. The molecule has 0 saturated heterocycles. The first-order chi connectivity index (χ1) is 14.9. The van der Waals surface area contributed by atoms with Crippen LogP contribution >= 0.6 is 0 Å². The number of hydrogen-bond acceptors (Lipinski definition) is 8. The number of methoxy groups -OCH3 is 1. The molecule has 2 heterocycles. The summed E-state index contributed by atoms with van der Waals surface area (Å²) in [5.41, 5.74) is 2.08. The zero-order valence-electron chi connectivity index (χ0n) is 16.6. The van der Waals surface area contributed by atoms with Crippen molar-refractivity contribution in [3.63, 3.8) is 0 Å². The molecule has 0 radical (unpaired) electrons. The van der Waals surface area contributed by atoms with Crippen molar-refractivity contribution in [1.82, 2.24) is 19.7 Å². The summed E-state index contributed by atoms with van der Waals surface area (Å²) in [6, 6.07) is 13.6. The molecule has 0 saturated carbocycles. The second kappa shape index (κ2) is 8.03. The summed E-state index contributed by atoms with van der Waals surface area (Å²) in [6.07, 6.45) is 2.63. The summed E-state index contributed by atoms with van der Waals surface area (Å²) in [6.45, 7) is 0. The molecule has 0 aliphatic heterocycles. The Hall–Kier alpha value is -3.99. The minimum atomic E-state index is -3.93. The molecule has 0 atom stereocenters. The molecule has 2 aromatic heterocycles. The molecule has 158 valence electrons. The molecule has 4 rings (SSSR count). The number of sulfonamides is 1. The number of aromatic nitrogens is 4. The number of esters is 1. The Morgan fingerprint density at radius 1 is 1.00 bits per heavy atom. The summed E-state index contributed by atoms with van der Waals surface area (Å²) in [4.78, 5) is 20.6. The highest BCUT2D eigenvalue weighted by Gasteiger charge is 2.20. The minimum absolute atomic E-state index is 0.00154. The van der Waals surface area contributed by atoms with Crippen molar-refractivity contribution < 1.29 is 17.9 Å². The number of ether oxygens (including phenoxy) is 1. The molecule has 0 fully saturated rings. The highest BCUT2D eigenvalue weighted by atomic mass is 32.2. The van der Waals surface area contributed by atoms with Crippen molar-refractivity contribution in [3.8, 4) is 0 Å². The first-order valence-electron chi connectivity index (χ1n) is 9.09. The van der Waals surface area contributed by atoms with Crippen LogP contribution in [-0.4, -0.2) is 41.2 Å². The van der Waals surface area contributed by atoms with E-state index < -0.39 is 16.0 Å². The molecule has 0 amide bonds. The molecule has 0 bridgehead atoms. The van der Waals surface area contributed by atoms with Crippen LogP contribution in [0.2, 0.25) is 0 Å². The Kier molecular flexibility index (Phi) is 5.26. The lowest BCUT2D eigenvalue weighted by molar-refractivity contribution is 0.0600. The van der Waals surface area contributed by atoms with Crippen molar-refractivity contribution in [2.75, 3.05) is 17.1 Å². The van der Waals surface area contributed by atoms with E-state index in [2.05, 4.69) is 25.1 Å². The smallest absolute Gasteiger partial charge is 0.337 e. The highest BCUT2D eigenvalue weighted by Crippen LogP contribution is 2.27. The molecule has 0 aliphatic carbocycles. The third-order valence-corrected chi connectivity index (χ3v) is 5.66. The van der Waals surface area contributed by atoms with E-state index in [9.17, 15) is 13.2 Å². The van der Waals surface area contributed by atoms with Crippen LogP contribution < -0.4 is 10.0 Å². The van der Waals surface area contributed by atoms with Gasteiger partial charge in [-0.15, -0.1) is 0 Å². The lowest BCUT2D eigenvalue weighted by atomic mass is 10.2. The number of para-hydroxylation sites is 2. The van der Waals surface area contributed by atoms with E-state index in [1.54, 1.807) is 49.5 Å². The molecular weight excluding hydrogens is 420 g/mol. The molecule has 10 nitrogen and oxygen atoms in total. The van der Waals surface area contributed by atoms with Gasteiger partial charge in [-0.1, -0.05) is 12.1 Å². The van der Waals surface area contributed by atoms with Gasteiger partial charge in [0.25, 0.3) is 10.0 Å². The van der Waals surface area contributed by atoms with Crippen LogP contribution in [0.3, 0.4) is 0 Å². The SMILES string of the molecule is COC(=O)c1ccc(Nc2nc3ccccc3nc2NS(=O)(=O)c2cnn(C)c2)cc1. The van der Waals surface area contributed by atoms with Crippen LogP contribution in [-0.2, 0) is 21.8 Å². The molecule has 4 aromatic rings. The van der Waals surface area contributed by atoms with E-state index in [0.29, 0.717) is 22.3 Å². The van der Waals surface area contributed by atoms with Gasteiger partial charge in [-0.3, -0.25) is 9.40 Å². The number of nitrogens with zero attached hydrogens (tertiary/aromatic N) is 4. The van der Waals surface area contributed by atoms with Crippen LogP contribution in [0.4, 0.5) is 17.3 Å². The van der Waals surface area contributed by atoms with Gasteiger partial charge in [-0.25, -0.2) is 23.2 Å². The quantitative estimate of drug-likeness (QED) is 0.440. The molecule has 31 heavy (non-hydrogen) atoms. The summed E-state index contributed by atoms with van der Waals surface area (Å²) in [5.74, 6) is -0.224.